The van der Waals surface area contributed by atoms with Gasteiger partial charge in [0.2, 0.25) is 0 Å². The SMILES string of the molecule is Cl.Fc1ccc(CCNCc2cccc(OCc3ccccc3Cl)c2)cc1. The minimum Gasteiger partial charge on any atom is -0.489 e. The lowest BCUT2D eigenvalue weighted by Gasteiger charge is -2.10. The van der Waals surface area contributed by atoms with Gasteiger partial charge in [-0.1, -0.05) is 54.1 Å². The molecule has 0 aliphatic heterocycles. The van der Waals surface area contributed by atoms with E-state index in [1.165, 1.54) is 12.1 Å². The molecule has 0 atom stereocenters. The topological polar surface area (TPSA) is 21.3 Å². The van der Waals surface area contributed by atoms with E-state index in [-0.39, 0.29) is 18.2 Å². The molecule has 0 saturated heterocycles. The van der Waals surface area contributed by atoms with Crippen LogP contribution in [0.5, 0.6) is 5.75 Å². The molecule has 0 radical (unpaired) electrons. The molecule has 0 spiro atoms. The highest BCUT2D eigenvalue weighted by molar-refractivity contribution is 6.31. The van der Waals surface area contributed by atoms with Gasteiger partial charge in [-0.05, 0) is 54.4 Å². The summed E-state index contributed by atoms with van der Waals surface area (Å²) in [6.45, 7) is 2.03. The monoisotopic (exact) mass is 405 g/mol. The van der Waals surface area contributed by atoms with Crippen molar-refractivity contribution in [1.29, 1.82) is 0 Å². The lowest BCUT2D eigenvalue weighted by atomic mass is 10.1. The predicted octanol–water partition coefficient (Wildman–Crippen LogP) is 5.81. The lowest BCUT2D eigenvalue weighted by molar-refractivity contribution is 0.306. The number of hydrogen-bond acceptors (Lipinski definition) is 2. The van der Waals surface area contributed by atoms with Crippen molar-refractivity contribution in [1.82, 2.24) is 5.32 Å². The summed E-state index contributed by atoms with van der Waals surface area (Å²) in [4.78, 5) is 0. The Hall–Kier alpha value is -2.07. The maximum Gasteiger partial charge on any atom is 0.123 e. The van der Waals surface area contributed by atoms with Crippen LogP contribution in [0.2, 0.25) is 5.02 Å². The number of halogens is 3. The standard InChI is InChI=1S/C22H21ClFNO.ClH/c23-22-7-2-1-5-19(22)16-26-21-6-3-4-18(14-21)15-25-13-12-17-8-10-20(24)11-9-17;/h1-11,14,25H,12-13,15-16H2;1H. The van der Waals surface area contributed by atoms with Crippen LogP contribution in [-0.2, 0) is 19.6 Å². The number of nitrogens with one attached hydrogen (secondary N) is 1. The van der Waals surface area contributed by atoms with E-state index in [1.54, 1.807) is 0 Å². The minimum atomic E-state index is -0.199. The van der Waals surface area contributed by atoms with Crippen molar-refractivity contribution in [2.75, 3.05) is 6.54 Å². The van der Waals surface area contributed by atoms with Gasteiger partial charge < -0.3 is 10.1 Å². The Morgan fingerprint density at radius 2 is 1.67 bits per heavy atom. The van der Waals surface area contributed by atoms with Gasteiger partial charge in [0.1, 0.15) is 18.2 Å². The first-order valence-electron chi connectivity index (χ1n) is 8.61. The summed E-state index contributed by atoms with van der Waals surface area (Å²) in [6.07, 6.45) is 0.864. The Kier molecular flexibility index (Phi) is 8.59. The van der Waals surface area contributed by atoms with Crippen molar-refractivity contribution in [3.63, 3.8) is 0 Å². The number of benzene rings is 3. The van der Waals surface area contributed by atoms with Gasteiger partial charge in [-0.25, -0.2) is 4.39 Å². The first-order valence-corrected chi connectivity index (χ1v) is 8.99. The molecule has 2 nitrogen and oxygen atoms in total. The fourth-order valence-electron chi connectivity index (χ4n) is 2.64. The van der Waals surface area contributed by atoms with Gasteiger partial charge in [-0.3, -0.25) is 0 Å². The summed E-state index contributed by atoms with van der Waals surface area (Å²) in [5, 5.41) is 4.12. The van der Waals surface area contributed by atoms with Crippen LogP contribution in [0.25, 0.3) is 0 Å². The van der Waals surface area contributed by atoms with Crippen molar-refractivity contribution < 1.29 is 9.13 Å². The second-order valence-electron chi connectivity index (χ2n) is 6.08. The molecule has 0 aromatic heterocycles. The molecule has 0 heterocycles. The van der Waals surface area contributed by atoms with Crippen LogP contribution < -0.4 is 10.1 Å². The van der Waals surface area contributed by atoms with E-state index in [0.29, 0.717) is 11.6 Å². The molecule has 5 heteroatoms. The number of hydrogen-bond donors (Lipinski definition) is 1. The highest BCUT2D eigenvalue weighted by Gasteiger charge is 2.02. The smallest absolute Gasteiger partial charge is 0.123 e. The Bertz CT molecular complexity index is 840. The molecule has 0 fully saturated rings. The normalized spacial score (nSPS) is 10.3. The van der Waals surface area contributed by atoms with E-state index >= 15 is 0 Å². The van der Waals surface area contributed by atoms with Crippen LogP contribution in [0, 0.1) is 5.82 Å². The second kappa shape index (κ2) is 10.9. The third-order valence-electron chi connectivity index (χ3n) is 4.08. The van der Waals surface area contributed by atoms with Crippen molar-refractivity contribution in [2.24, 2.45) is 0 Å². The average molecular weight is 406 g/mol. The van der Waals surface area contributed by atoms with Gasteiger partial charge in [0.25, 0.3) is 0 Å². The molecule has 0 aliphatic rings. The zero-order valence-electron chi connectivity index (χ0n) is 14.8. The fourth-order valence-corrected chi connectivity index (χ4v) is 2.83. The van der Waals surface area contributed by atoms with E-state index in [4.69, 9.17) is 16.3 Å². The molecule has 0 saturated carbocycles. The molecule has 1 N–H and O–H groups in total. The van der Waals surface area contributed by atoms with Gasteiger partial charge >= 0.3 is 0 Å². The number of ether oxygens (including phenoxy) is 1. The maximum atomic E-state index is 12.9. The predicted molar refractivity (Wildman–Crippen MR) is 111 cm³/mol. The van der Waals surface area contributed by atoms with Crippen LogP contribution in [0.3, 0.4) is 0 Å². The fraction of sp³-hybridized carbons (Fsp3) is 0.182. The molecule has 0 unspecified atom stereocenters. The molecule has 0 bridgehead atoms. The van der Waals surface area contributed by atoms with Crippen LogP contribution in [0.15, 0.2) is 72.8 Å². The second-order valence-corrected chi connectivity index (χ2v) is 6.49. The first kappa shape index (κ1) is 21.2. The third kappa shape index (κ3) is 6.87. The average Bonchev–Trinajstić information content (AvgIpc) is 2.66. The molecule has 0 amide bonds. The quantitative estimate of drug-likeness (QED) is 0.477. The summed E-state index contributed by atoms with van der Waals surface area (Å²) in [7, 11) is 0. The Balaban J connectivity index is 0.00000261. The summed E-state index contributed by atoms with van der Waals surface area (Å²) in [6, 6.07) is 22.3. The van der Waals surface area contributed by atoms with E-state index in [2.05, 4.69) is 11.4 Å². The largest absolute Gasteiger partial charge is 0.489 e. The maximum absolute atomic E-state index is 12.9. The van der Waals surface area contributed by atoms with Crippen LogP contribution in [0.4, 0.5) is 4.39 Å². The minimum absolute atomic E-state index is 0. The van der Waals surface area contributed by atoms with E-state index in [0.717, 1.165) is 42.0 Å². The van der Waals surface area contributed by atoms with Crippen molar-refractivity contribution in [3.05, 3.63) is 100 Å². The molecule has 0 aliphatic carbocycles. The zero-order chi connectivity index (χ0) is 18.2. The Labute approximate surface area is 170 Å². The van der Waals surface area contributed by atoms with Crippen LogP contribution >= 0.6 is 24.0 Å². The van der Waals surface area contributed by atoms with E-state index in [1.807, 2.05) is 54.6 Å². The molecule has 27 heavy (non-hydrogen) atoms. The highest BCUT2D eigenvalue weighted by atomic mass is 35.5. The van der Waals surface area contributed by atoms with Crippen molar-refractivity contribution >= 4 is 24.0 Å². The summed E-state index contributed by atoms with van der Waals surface area (Å²) in [5.41, 5.74) is 3.24. The van der Waals surface area contributed by atoms with Crippen LogP contribution in [-0.4, -0.2) is 6.54 Å². The summed E-state index contributed by atoms with van der Waals surface area (Å²) in [5.74, 6) is 0.623. The van der Waals surface area contributed by atoms with Gasteiger partial charge in [0, 0.05) is 17.1 Å². The summed E-state index contributed by atoms with van der Waals surface area (Å²) < 4.78 is 18.7. The van der Waals surface area contributed by atoms with Gasteiger partial charge in [0.05, 0.1) is 0 Å². The third-order valence-corrected chi connectivity index (χ3v) is 4.45. The highest BCUT2D eigenvalue weighted by Crippen LogP contribution is 2.19. The molecule has 142 valence electrons. The van der Waals surface area contributed by atoms with Gasteiger partial charge in [-0.15, -0.1) is 12.4 Å². The van der Waals surface area contributed by atoms with Gasteiger partial charge in [0.15, 0.2) is 0 Å². The Morgan fingerprint density at radius 3 is 2.44 bits per heavy atom. The first-order chi connectivity index (χ1) is 12.7. The molecule has 3 rings (SSSR count). The van der Waals surface area contributed by atoms with Crippen molar-refractivity contribution in [2.45, 2.75) is 19.6 Å². The van der Waals surface area contributed by atoms with E-state index in [9.17, 15) is 4.39 Å². The molecule has 3 aromatic rings. The molecule has 3 aromatic carbocycles. The van der Waals surface area contributed by atoms with E-state index < -0.39 is 0 Å². The summed E-state index contributed by atoms with van der Waals surface area (Å²) >= 11 is 6.15. The zero-order valence-corrected chi connectivity index (χ0v) is 16.4. The molecular formula is C22H22Cl2FNO. The van der Waals surface area contributed by atoms with Crippen LogP contribution in [0.1, 0.15) is 16.7 Å². The van der Waals surface area contributed by atoms with Gasteiger partial charge in [-0.2, -0.15) is 0 Å². The van der Waals surface area contributed by atoms with Crippen molar-refractivity contribution in [3.8, 4) is 5.75 Å². The molecular weight excluding hydrogens is 384 g/mol. The lowest BCUT2D eigenvalue weighted by Crippen LogP contribution is -2.16. The Morgan fingerprint density at radius 1 is 0.889 bits per heavy atom. The number of rotatable bonds is 8.